The Morgan fingerprint density at radius 1 is 1.39 bits per heavy atom. The first-order chi connectivity index (χ1) is 13.6. The van der Waals surface area contributed by atoms with Crippen molar-refractivity contribution < 1.29 is 14.3 Å². The third kappa shape index (κ3) is 4.06. The van der Waals surface area contributed by atoms with Gasteiger partial charge in [0, 0.05) is 23.7 Å². The van der Waals surface area contributed by atoms with Crippen molar-refractivity contribution in [2.24, 2.45) is 0 Å². The van der Waals surface area contributed by atoms with E-state index in [0.29, 0.717) is 40.4 Å². The highest BCUT2D eigenvalue weighted by molar-refractivity contribution is 7.99. The van der Waals surface area contributed by atoms with E-state index in [1.54, 1.807) is 19.3 Å². The summed E-state index contributed by atoms with van der Waals surface area (Å²) >= 11 is 1.35. The first kappa shape index (κ1) is 20.0. The number of carbonyl (C=O) groups excluding carboxylic acids is 1. The summed E-state index contributed by atoms with van der Waals surface area (Å²) in [7, 11) is 1.57. The predicted octanol–water partition coefficient (Wildman–Crippen LogP) is 3.32. The van der Waals surface area contributed by atoms with Gasteiger partial charge in [0.15, 0.2) is 16.7 Å². The van der Waals surface area contributed by atoms with Crippen molar-refractivity contribution in [3.05, 3.63) is 52.3 Å². The van der Waals surface area contributed by atoms with Gasteiger partial charge in [-0.1, -0.05) is 36.9 Å². The number of methoxy groups -OCH3 is 1. The van der Waals surface area contributed by atoms with Crippen LogP contribution in [0.5, 0.6) is 11.5 Å². The maximum Gasteiger partial charge on any atom is 0.257 e. The molecule has 1 aliphatic rings. The molecule has 2 aromatic rings. The van der Waals surface area contributed by atoms with Gasteiger partial charge in [0.05, 0.1) is 19.3 Å². The minimum atomic E-state index is -0.472. The number of amides is 1. The molecular formula is C20H23N3O4S. The first-order valence-electron chi connectivity index (χ1n) is 9.06. The molecule has 1 aliphatic heterocycles. The van der Waals surface area contributed by atoms with E-state index < -0.39 is 5.92 Å². The fourth-order valence-electron chi connectivity index (χ4n) is 3.15. The fourth-order valence-corrected chi connectivity index (χ4v) is 3.75. The molecule has 1 atom stereocenters. The van der Waals surface area contributed by atoms with Crippen molar-refractivity contribution in [3.63, 3.8) is 0 Å². The van der Waals surface area contributed by atoms with Crippen LogP contribution in [0.4, 0.5) is 5.82 Å². The molecule has 7 nitrogen and oxygen atoms in total. The van der Waals surface area contributed by atoms with E-state index in [1.165, 1.54) is 11.8 Å². The van der Waals surface area contributed by atoms with Gasteiger partial charge in [-0.3, -0.25) is 9.59 Å². The van der Waals surface area contributed by atoms with E-state index >= 15 is 0 Å². The minimum Gasteiger partial charge on any atom is -0.493 e. The maximum atomic E-state index is 12.9. The second-order valence-electron chi connectivity index (χ2n) is 6.27. The number of thioether (sulfide) groups is 1. The summed E-state index contributed by atoms with van der Waals surface area (Å²) in [6.07, 6.45) is 2.68. The molecule has 2 N–H and O–H groups in total. The van der Waals surface area contributed by atoms with E-state index in [4.69, 9.17) is 9.47 Å². The van der Waals surface area contributed by atoms with Crippen molar-refractivity contribution >= 4 is 23.5 Å². The molecule has 1 aromatic carbocycles. The SMILES string of the molecule is C=CCSc1nc2c(c(=O)[nH]1)[C@@H](c1cccc(OC)c1OCCC)CC(=O)N2. The van der Waals surface area contributed by atoms with Gasteiger partial charge in [-0.05, 0) is 12.5 Å². The summed E-state index contributed by atoms with van der Waals surface area (Å²) in [6, 6.07) is 5.49. The number of rotatable bonds is 8. The Labute approximate surface area is 167 Å². The normalized spacial score (nSPS) is 15.5. The molecule has 0 aliphatic carbocycles. The lowest BCUT2D eigenvalue weighted by atomic mass is 9.86. The van der Waals surface area contributed by atoms with Crippen molar-refractivity contribution in [2.45, 2.75) is 30.8 Å². The molecule has 8 heteroatoms. The van der Waals surface area contributed by atoms with Crippen LogP contribution in [0, 0.1) is 0 Å². The molecule has 0 saturated carbocycles. The summed E-state index contributed by atoms with van der Waals surface area (Å²) in [4.78, 5) is 32.5. The van der Waals surface area contributed by atoms with Gasteiger partial charge in [0.1, 0.15) is 5.82 Å². The summed E-state index contributed by atoms with van der Waals surface area (Å²) in [6.45, 7) is 6.18. The van der Waals surface area contributed by atoms with Gasteiger partial charge in [-0.25, -0.2) is 4.98 Å². The molecule has 28 heavy (non-hydrogen) atoms. The number of hydrogen-bond acceptors (Lipinski definition) is 6. The minimum absolute atomic E-state index is 0.132. The summed E-state index contributed by atoms with van der Waals surface area (Å²) in [5.74, 6) is 1.35. The fraction of sp³-hybridized carbons (Fsp3) is 0.350. The third-order valence-electron chi connectivity index (χ3n) is 4.32. The third-order valence-corrected chi connectivity index (χ3v) is 5.19. The molecule has 1 amide bonds. The van der Waals surface area contributed by atoms with Crippen LogP contribution in [0.2, 0.25) is 0 Å². The predicted molar refractivity (Wildman–Crippen MR) is 110 cm³/mol. The number of nitrogens with zero attached hydrogens (tertiary/aromatic N) is 1. The topological polar surface area (TPSA) is 93.3 Å². The molecule has 1 aromatic heterocycles. The highest BCUT2D eigenvalue weighted by Gasteiger charge is 2.33. The summed E-state index contributed by atoms with van der Waals surface area (Å²) in [5.41, 5.74) is 0.894. The van der Waals surface area contributed by atoms with E-state index in [0.717, 1.165) is 12.0 Å². The van der Waals surface area contributed by atoms with Gasteiger partial charge in [-0.2, -0.15) is 0 Å². The number of benzene rings is 1. The summed E-state index contributed by atoms with van der Waals surface area (Å²) in [5, 5.41) is 3.17. The van der Waals surface area contributed by atoms with Crippen molar-refractivity contribution in [3.8, 4) is 11.5 Å². The molecule has 0 bridgehead atoms. The van der Waals surface area contributed by atoms with Crippen LogP contribution in [-0.2, 0) is 4.79 Å². The van der Waals surface area contributed by atoms with Crippen LogP contribution in [0.25, 0.3) is 0 Å². The Hall–Kier alpha value is -2.74. The average Bonchev–Trinajstić information content (AvgIpc) is 2.69. The highest BCUT2D eigenvalue weighted by atomic mass is 32.2. The van der Waals surface area contributed by atoms with Gasteiger partial charge in [-0.15, -0.1) is 6.58 Å². The molecule has 0 unspecified atom stereocenters. The van der Waals surface area contributed by atoms with Crippen LogP contribution in [0.15, 0.2) is 40.8 Å². The molecule has 3 rings (SSSR count). The molecule has 2 heterocycles. The molecule has 0 spiro atoms. The van der Waals surface area contributed by atoms with E-state index in [2.05, 4.69) is 21.9 Å². The monoisotopic (exact) mass is 401 g/mol. The second kappa shape index (κ2) is 8.97. The molecule has 0 fully saturated rings. The first-order valence-corrected chi connectivity index (χ1v) is 10.0. The number of hydrogen-bond donors (Lipinski definition) is 2. The number of nitrogens with one attached hydrogen (secondary N) is 2. The lowest BCUT2D eigenvalue weighted by Gasteiger charge is -2.26. The number of anilines is 1. The number of ether oxygens (including phenoxy) is 2. The lowest BCUT2D eigenvalue weighted by molar-refractivity contribution is -0.116. The van der Waals surface area contributed by atoms with Crippen molar-refractivity contribution in [1.29, 1.82) is 0 Å². The van der Waals surface area contributed by atoms with Gasteiger partial charge >= 0.3 is 0 Å². The Morgan fingerprint density at radius 3 is 2.93 bits per heavy atom. The molecule has 0 saturated heterocycles. The molecular weight excluding hydrogens is 378 g/mol. The van der Waals surface area contributed by atoms with Crippen molar-refractivity contribution in [1.82, 2.24) is 9.97 Å². The smallest absolute Gasteiger partial charge is 0.257 e. The van der Waals surface area contributed by atoms with Crippen LogP contribution in [-0.4, -0.2) is 35.3 Å². The van der Waals surface area contributed by atoms with Crippen LogP contribution >= 0.6 is 11.8 Å². The number of aromatic nitrogens is 2. The van der Waals surface area contributed by atoms with E-state index in [1.807, 2.05) is 19.1 Å². The van der Waals surface area contributed by atoms with Gasteiger partial charge in [0.25, 0.3) is 5.56 Å². The molecule has 0 radical (unpaired) electrons. The highest BCUT2D eigenvalue weighted by Crippen LogP contribution is 2.42. The van der Waals surface area contributed by atoms with Crippen LogP contribution < -0.4 is 20.3 Å². The Morgan fingerprint density at radius 2 is 2.21 bits per heavy atom. The number of aromatic amines is 1. The number of carbonyl (C=O) groups is 1. The largest absolute Gasteiger partial charge is 0.493 e. The quantitative estimate of drug-likeness (QED) is 0.400. The second-order valence-corrected chi connectivity index (χ2v) is 7.27. The standard InChI is InChI=1S/C20H23N3O4S/c1-4-9-27-17-12(7-6-8-14(17)26-3)13-11-15(24)21-18-16(13)19(25)23-20(22-18)28-10-5-2/h5-8,13H,2,4,9-11H2,1,3H3,(H2,21,22,23,24,25)/t13-/m1/s1. The van der Waals surface area contributed by atoms with E-state index in [-0.39, 0.29) is 17.9 Å². The van der Waals surface area contributed by atoms with E-state index in [9.17, 15) is 9.59 Å². The van der Waals surface area contributed by atoms with Gasteiger partial charge in [0.2, 0.25) is 5.91 Å². The number of H-pyrrole nitrogens is 1. The maximum absolute atomic E-state index is 12.9. The zero-order valence-corrected chi connectivity index (χ0v) is 16.7. The lowest BCUT2D eigenvalue weighted by Crippen LogP contribution is -2.31. The Kier molecular flexibility index (Phi) is 6.41. The molecule has 148 valence electrons. The summed E-state index contributed by atoms with van der Waals surface area (Å²) < 4.78 is 11.4. The van der Waals surface area contributed by atoms with Crippen molar-refractivity contribution in [2.75, 3.05) is 24.8 Å². The number of fused-ring (bicyclic) bond motifs is 1. The zero-order chi connectivity index (χ0) is 20.1. The van der Waals surface area contributed by atoms with Crippen LogP contribution in [0.1, 0.15) is 36.8 Å². The number of para-hydroxylation sites is 1. The average molecular weight is 401 g/mol. The van der Waals surface area contributed by atoms with Gasteiger partial charge < -0.3 is 19.8 Å². The zero-order valence-electron chi connectivity index (χ0n) is 15.9. The Balaban J connectivity index is 2.11. The van der Waals surface area contributed by atoms with Crippen LogP contribution in [0.3, 0.4) is 0 Å². The Bertz CT molecular complexity index is 942.